The van der Waals surface area contributed by atoms with E-state index in [0.717, 1.165) is 13.0 Å². The minimum atomic E-state index is -2.72. The van der Waals surface area contributed by atoms with Crippen molar-refractivity contribution in [1.29, 1.82) is 0 Å². The molecule has 2 aliphatic heterocycles. The maximum atomic E-state index is 11.3. The highest BCUT2D eigenvalue weighted by Gasteiger charge is 2.47. The summed E-state index contributed by atoms with van der Waals surface area (Å²) in [7, 11) is -2.72. The molecule has 0 aromatic rings. The maximum Gasteiger partial charge on any atom is 0.156 e. The van der Waals surface area contributed by atoms with Gasteiger partial charge in [0.2, 0.25) is 0 Å². The lowest BCUT2D eigenvalue weighted by Gasteiger charge is -2.25. The number of nitrogens with zero attached hydrogens (tertiary/aromatic N) is 1. The predicted molar refractivity (Wildman–Crippen MR) is 46.6 cm³/mol. The minimum Gasteiger partial charge on any atom is -0.329 e. The van der Waals surface area contributed by atoms with E-state index in [1.165, 1.54) is 0 Å². The van der Waals surface area contributed by atoms with Crippen LogP contribution in [-0.4, -0.2) is 50.0 Å². The highest BCUT2D eigenvalue weighted by molar-refractivity contribution is 7.92. The van der Waals surface area contributed by atoms with E-state index < -0.39 is 9.84 Å². The lowest BCUT2D eigenvalue weighted by Crippen LogP contribution is -2.42. The molecule has 4 nitrogen and oxygen atoms in total. The van der Waals surface area contributed by atoms with Crippen LogP contribution >= 0.6 is 0 Å². The second-order valence-corrected chi connectivity index (χ2v) is 5.95. The van der Waals surface area contributed by atoms with Gasteiger partial charge in [-0.2, -0.15) is 0 Å². The number of fused-ring (bicyclic) bond motifs is 2. The van der Waals surface area contributed by atoms with Gasteiger partial charge >= 0.3 is 0 Å². The first kappa shape index (κ1) is 8.47. The van der Waals surface area contributed by atoms with Gasteiger partial charge in [0.1, 0.15) is 0 Å². The molecule has 2 saturated heterocycles. The van der Waals surface area contributed by atoms with E-state index in [4.69, 9.17) is 5.73 Å². The predicted octanol–water partition coefficient (Wildman–Crippen LogP) is -1.18. The van der Waals surface area contributed by atoms with Gasteiger partial charge in [-0.05, 0) is 6.42 Å². The van der Waals surface area contributed by atoms with Crippen LogP contribution in [0.4, 0.5) is 0 Å². The summed E-state index contributed by atoms with van der Waals surface area (Å²) in [6.45, 7) is 2.18. The SMILES string of the molecule is NCCN1CC2CC1CS2(=O)=O. The zero-order valence-electron chi connectivity index (χ0n) is 6.94. The molecule has 5 heteroatoms. The van der Waals surface area contributed by atoms with Crippen molar-refractivity contribution in [2.75, 3.05) is 25.4 Å². The first-order valence-electron chi connectivity index (χ1n) is 4.29. The molecule has 0 amide bonds. The van der Waals surface area contributed by atoms with Gasteiger partial charge < -0.3 is 5.73 Å². The molecule has 70 valence electrons. The second kappa shape index (κ2) is 2.68. The first-order valence-corrected chi connectivity index (χ1v) is 6.01. The normalized spacial score (nSPS) is 39.1. The van der Waals surface area contributed by atoms with Crippen molar-refractivity contribution in [3.8, 4) is 0 Å². The van der Waals surface area contributed by atoms with E-state index in [1.807, 2.05) is 0 Å². The molecule has 0 spiro atoms. The average molecular weight is 190 g/mol. The maximum absolute atomic E-state index is 11.3. The number of nitrogens with two attached hydrogens (primary N) is 1. The van der Waals surface area contributed by atoms with E-state index in [1.54, 1.807) is 0 Å². The molecule has 0 saturated carbocycles. The number of rotatable bonds is 2. The molecular weight excluding hydrogens is 176 g/mol. The summed E-state index contributed by atoms with van der Waals surface area (Å²) in [5, 5.41) is -0.0888. The number of hydrogen-bond acceptors (Lipinski definition) is 4. The minimum absolute atomic E-state index is 0.0888. The van der Waals surface area contributed by atoms with Crippen LogP contribution in [0.25, 0.3) is 0 Å². The molecule has 0 aliphatic carbocycles. The van der Waals surface area contributed by atoms with Crippen LogP contribution in [0.1, 0.15) is 6.42 Å². The summed E-state index contributed by atoms with van der Waals surface area (Å²) in [6.07, 6.45) is 0.836. The fraction of sp³-hybridized carbons (Fsp3) is 1.00. The molecule has 0 aromatic heterocycles. The molecule has 2 rings (SSSR count). The zero-order chi connectivity index (χ0) is 8.77. The van der Waals surface area contributed by atoms with Gasteiger partial charge in [0.25, 0.3) is 0 Å². The summed E-state index contributed by atoms with van der Waals surface area (Å²) in [5.41, 5.74) is 5.42. The third-order valence-corrected chi connectivity index (χ3v) is 5.05. The van der Waals surface area contributed by atoms with Gasteiger partial charge in [-0.25, -0.2) is 8.42 Å². The Balaban J connectivity index is 2.08. The quantitative estimate of drug-likeness (QED) is 0.595. The second-order valence-electron chi connectivity index (χ2n) is 3.62. The fourth-order valence-electron chi connectivity index (χ4n) is 2.22. The van der Waals surface area contributed by atoms with Crippen LogP contribution in [0.3, 0.4) is 0 Å². The van der Waals surface area contributed by atoms with Gasteiger partial charge in [-0.3, -0.25) is 4.90 Å². The first-order chi connectivity index (χ1) is 5.63. The largest absolute Gasteiger partial charge is 0.329 e. The molecule has 2 fully saturated rings. The van der Waals surface area contributed by atoms with Gasteiger partial charge in [0, 0.05) is 25.7 Å². The van der Waals surface area contributed by atoms with Crippen LogP contribution in [0.15, 0.2) is 0 Å². The Morgan fingerprint density at radius 1 is 1.50 bits per heavy atom. The standard InChI is InChI=1S/C7H14N2O2S/c8-1-2-9-4-7-3-6(9)5-12(7,10)11/h6-7H,1-5,8H2. The van der Waals surface area contributed by atoms with Gasteiger partial charge in [-0.15, -0.1) is 0 Å². The molecule has 2 heterocycles. The Morgan fingerprint density at radius 3 is 2.67 bits per heavy atom. The van der Waals surface area contributed by atoms with Gasteiger partial charge in [0.05, 0.1) is 11.0 Å². The summed E-state index contributed by atoms with van der Waals surface area (Å²) < 4.78 is 22.6. The van der Waals surface area contributed by atoms with Crippen molar-refractivity contribution >= 4 is 9.84 Å². The van der Waals surface area contributed by atoms with Crippen LogP contribution in [0, 0.1) is 0 Å². The number of hydrogen-bond donors (Lipinski definition) is 1. The van der Waals surface area contributed by atoms with E-state index in [9.17, 15) is 8.42 Å². The topological polar surface area (TPSA) is 63.4 Å². The van der Waals surface area contributed by atoms with Crippen molar-refractivity contribution in [3.05, 3.63) is 0 Å². The van der Waals surface area contributed by atoms with Crippen molar-refractivity contribution in [1.82, 2.24) is 4.90 Å². The third-order valence-electron chi connectivity index (χ3n) is 2.84. The van der Waals surface area contributed by atoms with Gasteiger partial charge in [-0.1, -0.05) is 0 Å². The molecular formula is C7H14N2O2S. The Hall–Kier alpha value is -0.130. The highest BCUT2D eigenvalue weighted by Crippen LogP contribution is 2.32. The van der Waals surface area contributed by atoms with E-state index in [2.05, 4.69) is 4.90 Å². The Bertz CT molecular complexity index is 275. The Labute approximate surface area is 72.6 Å². The number of likely N-dealkylation sites (tertiary alicyclic amines) is 1. The lowest BCUT2D eigenvalue weighted by atomic mass is 10.2. The zero-order valence-corrected chi connectivity index (χ0v) is 7.76. The smallest absolute Gasteiger partial charge is 0.156 e. The summed E-state index contributed by atoms with van der Waals surface area (Å²) in [5.74, 6) is 0.359. The lowest BCUT2D eigenvalue weighted by molar-refractivity contribution is 0.273. The third kappa shape index (κ3) is 1.16. The van der Waals surface area contributed by atoms with Crippen LogP contribution in [0.5, 0.6) is 0 Å². The van der Waals surface area contributed by atoms with E-state index >= 15 is 0 Å². The Kier molecular flexibility index (Phi) is 1.89. The summed E-state index contributed by atoms with van der Waals surface area (Å²) in [4.78, 5) is 2.20. The summed E-state index contributed by atoms with van der Waals surface area (Å²) >= 11 is 0. The molecule has 2 atom stereocenters. The van der Waals surface area contributed by atoms with Crippen molar-refractivity contribution < 1.29 is 8.42 Å². The van der Waals surface area contributed by atoms with Crippen LogP contribution in [0.2, 0.25) is 0 Å². The summed E-state index contributed by atoms with van der Waals surface area (Å²) in [6, 6.07) is 0.267. The Morgan fingerprint density at radius 2 is 2.25 bits per heavy atom. The van der Waals surface area contributed by atoms with Gasteiger partial charge in [0.15, 0.2) is 9.84 Å². The van der Waals surface area contributed by atoms with E-state index in [-0.39, 0.29) is 11.3 Å². The van der Waals surface area contributed by atoms with Crippen LogP contribution in [-0.2, 0) is 9.84 Å². The molecule has 12 heavy (non-hydrogen) atoms. The molecule has 0 aromatic carbocycles. The van der Waals surface area contributed by atoms with Crippen molar-refractivity contribution in [2.24, 2.45) is 5.73 Å². The van der Waals surface area contributed by atoms with Crippen molar-refractivity contribution in [2.45, 2.75) is 17.7 Å². The average Bonchev–Trinajstić information content (AvgIpc) is 2.44. The van der Waals surface area contributed by atoms with E-state index in [0.29, 0.717) is 18.8 Å². The molecule has 2 aliphatic rings. The van der Waals surface area contributed by atoms with Crippen LogP contribution < -0.4 is 5.73 Å². The molecule has 0 radical (unpaired) electrons. The fourth-order valence-corrected chi connectivity index (χ4v) is 4.30. The number of sulfone groups is 1. The molecule has 2 N–H and O–H groups in total. The molecule has 2 bridgehead atoms. The highest BCUT2D eigenvalue weighted by atomic mass is 32.2. The van der Waals surface area contributed by atoms with Crippen molar-refractivity contribution in [3.63, 3.8) is 0 Å². The molecule has 2 unspecified atom stereocenters. The monoisotopic (exact) mass is 190 g/mol.